The van der Waals surface area contributed by atoms with E-state index in [1.807, 2.05) is 0 Å². The number of Topliss-reactive ketones (excluding diaryl/α,β-unsaturated/α-hetero) is 1. The molecule has 1 aliphatic carbocycles. The largest absolute Gasteiger partial charge is 0.417 e. The van der Waals surface area contributed by atoms with Crippen LogP contribution in [0.15, 0.2) is 18.2 Å². The molecule has 1 aromatic carbocycles. The summed E-state index contributed by atoms with van der Waals surface area (Å²) < 4.78 is 37.7. The second kappa shape index (κ2) is 3.06. The van der Waals surface area contributed by atoms with Gasteiger partial charge in [0, 0.05) is 18.0 Å². The van der Waals surface area contributed by atoms with Crippen LogP contribution in [0, 0.1) is 0 Å². The molecule has 0 spiro atoms. The second-order valence-corrected chi connectivity index (χ2v) is 3.50. The summed E-state index contributed by atoms with van der Waals surface area (Å²) in [4.78, 5) is 11.4. The summed E-state index contributed by atoms with van der Waals surface area (Å²) in [5.41, 5.74) is 4.73. The van der Waals surface area contributed by atoms with E-state index in [0.29, 0.717) is 5.56 Å². The maximum absolute atomic E-state index is 12.6. The molecule has 2 N–H and O–H groups in total. The van der Waals surface area contributed by atoms with Crippen LogP contribution < -0.4 is 5.73 Å². The zero-order valence-corrected chi connectivity index (χ0v) is 7.64. The average molecular weight is 215 g/mol. The Morgan fingerprint density at radius 3 is 2.60 bits per heavy atom. The molecular formula is C10H8F3NO. The highest BCUT2D eigenvalue weighted by molar-refractivity contribution is 6.02. The Bertz CT molecular complexity index is 425. The number of ketones is 1. The zero-order chi connectivity index (χ0) is 11.2. The molecule has 0 fully saturated rings. The molecule has 1 aromatic rings. The van der Waals surface area contributed by atoms with Gasteiger partial charge in [-0.05, 0) is 11.6 Å². The minimum atomic E-state index is -4.49. The molecule has 5 heteroatoms. The van der Waals surface area contributed by atoms with Gasteiger partial charge in [-0.15, -0.1) is 0 Å². The van der Waals surface area contributed by atoms with Gasteiger partial charge >= 0.3 is 6.18 Å². The van der Waals surface area contributed by atoms with Crippen LogP contribution in [0.5, 0.6) is 0 Å². The minimum absolute atomic E-state index is 0.0393. The molecule has 0 unspecified atom stereocenters. The molecule has 1 aliphatic rings. The Labute approximate surface area is 83.9 Å². The molecule has 0 aromatic heterocycles. The first kappa shape index (κ1) is 10.2. The molecule has 1 atom stereocenters. The molecule has 0 amide bonds. The van der Waals surface area contributed by atoms with Gasteiger partial charge in [-0.1, -0.05) is 12.1 Å². The minimum Gasteiger partial charge on any atom is -0.324 e. The third kappa shape index (κ3) is 1.52. The molecule has 0 aliphatic heterocycles. The van der Waals surface area contributed by atoms with Crippen molar-refractivity contribution < 1.29 is 18.0 Å². The van der Waals surface area contributed by atoms with Gasteiger partial charge in [-0.25, -0.2) is 0 Å². The SMILES string of the molecule is N[C@@H]1CC(=O)c2c1cccc2C(F)(F)F. The molecule has 80 valence electrons. The number of nitrogens with two attached hydrogens (primary N) is 1. The number of fused-ring (bicyclic) bond motifs is 1. The van der Waals surface area contributed by atoms with Crippen LogP contribution in [0.3, 0.4) is 0 Å². The lowest BCUT2D eigenvalue weighted by Crippen LogP contribution is -2.11. The van der Waals surface area contributed by atoms with E-state index in [2.05, 4.69) is 0 Å². The number of carbonyl (C=O) groups is 1. The highest BCUT2D eigenvalue weighted by Gasteiger charge is 2.39. The number of alkyl halides is 3. The van der Waals surface area contributed by atoms with E-state index in [9.17, 15) is 18.0 Å². The summed E-state index contributed by atoms with van der Waals surface area (Å²) in [6, 6.07) is 3.06. The van der Waals surface area contributed by atoms with Gasteiger partial charge in [0.15, 0.2) is 5.78 Å². The first-order chi connectivity index (χ1) is 6.91. The number of carbonyl (C=O) groups excluding carboxylic acids is 1. The Balaban J connectivity index is 2.66. The molecular weight excluding hydrogens is 207 g/mol. The van der Waals surface area contributed by atoms with E-state index in [4.69, 9.17) is 5.73 Å². The number of hydrogen-bond donors (Lipinski definition) is 1. The Hall–Kier alpha value is -1.36. The zero-order valence-electron chi connectivity index (χ0n) is 7.64. The number of benzene rings is 1. The lowest BCUT2D eigenvalue weighted by molar-refractivity contribution is -0.137. The van der Waals surface area contributed by atoms with Gasteiger partial charge in [0.25, 0.3) is 0 Å². The summed E-state index contributed by atoms with van der Waals surface area (Å²) in [5, 5.41) is 0. The lowest BCUT2D eigenvalue weighted by Gasteiger charge is -2.11. The summed E-state index contributed by atoms with van der Waals surface area (Å²) in [7, 11) is 0. The van der Waals surface area contributed by atoms with E-state index in [1.54, 1.807) is 0 Å². The average Bonchev–Trinajstić information content (AvgIpc) is 2.41. The first-order valence-electron chi connectivity index (χ1n) is 4.40. The molecule has 0 saturated carbocycles. The van der Waals surface area contributed by atoms with Gasteiger partial charge in [-0.2, -0.15) is 13.2 Å². The normalized spacial score (nSPS) is 20.5. The Morgan fingerprint density at radius 2 is 2.00 bits per heavy atom. The smallest absolute Gasteiger partial charge is 0.324 e. The fraction of sp³-hybridized carbons (Fsp3) is 0.300. The predicted octanol–water partition coefficient (Wildman–Crippen LogP) is 2.29. The lowest BCUT2D eigenvalue weighted by atomic mass is 10.0. The second-order valence-electron chi connectivity index (χ2n) is 3.50. The van der Waals surface area contributed by atoms with Crippen molar-refractivity contribution in [2.24, 2.45) is 5.73 Å². The maximum Gasteiger partial charge on any atom is 0.417 e. The summed E-state index contributed by atoms with van der Waals surface area (Å²) in [5.74, 6) is -0.523. The van der Waals surface area contributed by atoms with Gasteiger partial charge in [0.05, 0.1) is 5.56 Å². The molecule has 0 radical (unpaired) electrons. The summed E-state index contributed by atoms with van der Waals surface area (Å²) >= 11 is 0. The van der Waals surface area contributed by atoms with Crippen LogP contribution >= 0.6 is 0 Å². The van der Waals surface area contributed by atoms with Crippen LogP contribution in [-0.2, 0) is 6.18 Å². The molecule has 0 heterocycles. The molecule has 2 nitrogen and oxygen atoms in total. The maximum atomic E-state index is 12.6. The monoisotopic (exact) mass is 215 g/mol. The van der Waals surface area contributed by atoms with E-state index in [0.717, 1.165) is 6.07 Å². The van der Waals surface area contributed by atoms with E-state index in [-0.39, 0.29) is 12.0 Å². The van der Waals surface area contributed by atoms with E-state index < -0.39 is 23.6 Å². The van der Waals surface area contributed by atoms with Crippen LogP contribution in [-0.4, -0.2) is 5.78 Å². The summed E-state index contributed by atoms with van der Waals surface area (Å²) in [6.45, 7) is 0. The highest BCUT2D eigenvalue weighted by atomic mass is 19.4. The fourth-order valence-corrected chi connectivity index (χ4v) is 1.84. The van der Waals surface area contributed by atoms with Crippen molar-refractivity contribution in [1.82, 2.24) is 0 Å². The quantitative estimate of drug-likeness (QED) is 0.721. The highest BCUT2D eigenvalue weighted by Crippen LogP contribution is 2.39. The number of rotatable bonds is 0. The third-order valence-electron chi connectivity index (χ3n) is 2.49. The molecule has 15 heavy (non-hydrogen) atoms. The molecule has 2 rings (SSSR count). The standard InChI is InChI=1S/C10H8F3NO/c11-10(12,13)6-3-1-2-5-7(14)4-8(15)9(5)6/h1-3,7H,4,14H2/t7-/m1/s1. The van der Waals surface area contributed by atoms with E-state index >= 15 is 0 Å². The van der Waals surface area contributed by atoms with Crippen LogP contribution in [0.2, 0.25) is 0 Å². The van der Waals surface area contributed by atoms with Gasteiger partial charge in [-0.3, -0.25) is 4.79 Å². The van der Waals surface area contributed by atoms with Gasteiger partial charge in [0.2, 0.25) is 0 Å². The van der Waals surface area contributed by atoms with Crippen molar-refractivity contribution in [2.45, 2.75) is 18.6 Å². The Kier molecular flexibility index (Phi) is 2.08. The van der Waals surface area contributed by atoms with Crippen molar-refractivity contribution in [3.8, 4) is 0 Å². The third-order valence-corrected chi connectivity index (χ3v) is 2.49. The molecule has 0 saturated heterocycles. The van der Waals surface area contributed by atoms with Crippen molar-refractivity contribution >= 4 is 5.78 Å². The van der Waals surface area contributed by atoms with Crippen LogP contribution in [0.4, 0.5) is 13.2 Å². The topological polar surface area (TPSA) is 43.1 Å². The van der Waals surface area contributed by atoms with Gasteiger partial charge in [0.1, 0.15) is 0 Å². The molecule has 0 bridgehead atoms. The van der Waals surface area contributed by atoms with Crippen molar-refractivity contribution in [2.75, 3.05) is 0 Å². The van der Waals surface area contributed by atoms with Crippen molar-refractivity contribution in [3.05, 3.63) is 34.9 Å². The fourth-order valence-electron chi connectivity index (χ4n) is 1.84. The van der Waals surface area contributed by atoms with E-state index in [1.165, 1.54) is 12.1 Å². The summed E-state index contributed by atoms with van der Waals surface area (Å²) in [6.07, 6.45) is -4.53. The van der Waals surface area contributed by atoms with Crippen molar-refractivity contribution in [1.29, 1.82) is 0 Å². The van der Waals surface area contributed by atoms with Crippen LogP contribution in [0.25, 0.3) is 0 Å². The van der Waals surface area contributed by atoms with Crippen LogP contribution in [0.1, 0.15) is 33.9 Å². The predicted molar refractivity (Wildman–Crippen MR) is 47.3 cm³/mol. The number of halogens is 3. The Morgan fingerprint density at radius 1 is 1.33 bits per heavy atom. The number of hydrogen-bond acceptors (Lipinski definition) is 2. The first-order valence-corrected chi connectivity index (χ1v) is 4.40. The van der Waals surface area contributed by atoms with Gasteiger partial charge < -0.3 is 5.73 Å². The van der Waals surface area contributed by atoms with Crippen molar-refractivity contribution in [3.63, 3.8) is 0 Å².